The minimum Gasteiger partial charge on any atom is -0.372 e. The molecule has 9 heavy (non-hydrogen) atoms. The molecule has 2 nitrogen and oxygen atoms in total. The molecule has 0 bridgehead atoms. The zero-order valence-electron chi connectivity index (χ0n) is 5.83. The number of hydrogen-bond donors (Lipinski definition) is 0. The van der Waals surface area contributed by atoms with E-state index in [4.69, 9.17) is 9.47 Å². The van der Waals surface area contributed by atoms with Crippen LogP contribution in [0.3, 0.4) is 0 Å². The van der Waals surface area contributed by atoms with E-state index in [1.54, 1.807) is 0 Å². The predicted octanol–water partition coefficient (Wildman–Crippen LogP) is 0.809. The number of fused-ring (bicyclic) bond motifs is 1. The van der Waals surface area contributed by atoms with E-state index < -0.39 is 0 Å². The van der Waals surface area contributed by atoms with Crippen LogP contribution in [0.4, 0.5) is 0 Å². The van der Waals surface area contributed by atoms with Gasteiger partial charge in [0.05, 0.1) is 24.9 Å². The van der Waals surface area contributed by atoms with Gasteiger partial charge in [-0.2, -0.15) is 0 Å². The van der Waals surface area contributed by atoms with Gasteiger partial charge in [-0.25, -0.2) is 0 Å². The van der Waals surface area contributed by atoms with Crippen LogP contribution in [-0.2, 0) is 9.47 Å². The van der Waals surface area contributed by atoms with Gasteiger partial charge < -0.3 is 9.47 Å². The minimum atomic E-state index is 0.316. The fourth-order valence-electron chi connectivity index (χ4n) is 1.39. The number of rotatable bonds is 0. The first-order chi connectivity index (χ1) is 4.29. The summed E-state index contributed by atoms with van der Waals surface area (Å²) in [6.45, 7) is 5.01. The molecule has 0 spiro atoms. The van der Waals surface area contributed by atoms with Crippen molar-refractivity contribution in [2.24, 2.45) is 5.92 Å². The first-order valence-corrected chi connectivity index (χ1v) is 3.56. The molecule has 4 atom stereocenters. The molecule has 1 aliphatic carbocycles. The lowest BCUT2D eigenvalue weighted by Crippen LogP contribution is -2.25. The van der Waals surface area contributed by atoms with Gasteiger partial charge in [0.25, 0.3) is 0 Å². The van der Waals surface area contributed by atoms with Crippen LogP contribution < -0.4 is 0 Å². The third kappa shape index (κ3) is 0.775. The van der Waals surface area contributed by atoms with Gasteiger partial charge >= 0.3 is 0 Å². The lowest BCUT2D eigenvalue weighted by atomic mass is 10.4. The van der Waals surface area contributed by atoms with Gasteiger partial charge in [-0.15, -0.1) is 0 Å². The Bertz CT molecular complexity index is 124. The zero-order chi connectivity index (χ0) is 6.43. The molecule has 2 rings (SSSR count). The lowest BCUT2D eigenvalue weighted by Gasteiger charge is -2.17. The Hall–Kier alpha value is -0.0800. The number of hydrogen-bond acceptors (Lipinski definition) is 2. The summed E-state index contributed by atoms with van der Waals surface area (Å²) in [5.74, 6) is 0.648. The Labute approximate surface area is 55.1 Å². The molecular weight excluding hydrogens is 116 g/mol. The van der Waals surface area contributed by atoms with Crippen molar-refractivity contribution in [2.45, 2.75) is 32.2 Å². The maximum absolute atomic E-state index is 5.55. The highest BCUT2D eigenvalue weighted by Crippen LogP contribution is 2.40. The van der Waals surface area contributed by atoms with Gasteiger partial charge in [0.1, 0.15) is 0 Å². The molecule has 52 valence electrons. The topological polar surface area (TPSA) is 18.5 Å². The maximum Gasteiger partial charge on any atom is 0.0896 e. The van der Waals surface area contributed by atoms with E-state index in [9.17, 15) is 0 Å². The van der Waals surface area contributed by atoms with Crippen LogP contribution in [0.15, 0.2) is 0 Å². The van der Waals surface area contributed by atoms with Crippen LogP contribution in [0.5, 0.6) is 0 Å². The number of ether oxygens (including phenoxy) is 2. The van der Waals surface area contributed by atoms with E-state index >= 15 is 0 Å². The zero-order valence-corrected chi connectivity index (χ0v) is 5.83. The SMILES string of the molecule is CC1COC2C(C)C2O1. The smallest absolute Gasteiger partial charge is 0.0896 e. The molecule has 1 heterocycles. The van der Waals surface area contributed by atoms with Crippen molar-refractivity contribution < 1.29 is 9.47 Å². The predicted molar refractivity (Wildman–Crippen MR) is 33.2 cm³/mol. The molecule has 0 radical (unpaired) electrons. The van der Waals surface area contributed by atoms with Crippen molar-refractivity contribution in [2.75, 3.05) is 6.61 Å². The van der Waals surface area contributed by atoms with E-state index in [0.29, 0.717) is 24.2 Å². The van der Waals surface area contributed by atoms with Crippen molar-refractivity contribution in [3.05, 3.63) is 0 Å². The van der Waals surface area contributed by atoms with E-state index in [0.717, 1.165) is 6.61 Å². The maximum atomic E-state index is 5.55. The van der Waals surface area contributed by atoms with Crippen LogP contribution >= 0.6 is 0 Å². The molecule has 0 N–H and O–H groups in total. The molecular formula is C7H12O2. The van der Waals surface area contributed by atoms with Crippen molar-refractivity contribution in [3.8, 4) is 0 Å². The van der Waals surface area contributed by atoms with E-state index in [1.807, 2.05) is 0 Å². The molecule has 0 aromatic heterocycles. The second-order valence-electron chi connectivity index (χ2n) is 3.07. The van der Waals surface area contributed by atoms with Crippen LogP contribution in [0, 0.1) is 5.92 Å². The van der Waals surface area contributed by atoms with Gasteiger partial charge in [-0.05, 0) is 6.92 Å². The summed E-state index contributed by atoms with van der Waals surface area (Å²) in [5.41, 5.74) is 0. The van der Waals surface area contributed by atoms with Gasteiger partial charge in [-0.1, -0.05) is 6.92 Å². The first kappa shape index (κ1) is 5.69. The quantitative estimate of drug-likeness (QED) is 0.480. The van der Waals surface area contributed by atoms with Crippen LogP contribution in [0.1, 0.15) is 13.8 Å². The summed E-state index contributed by atoms with van der Waals surface area (Å²) in [5, 5.41) is 0. The van der Waals surface area contributed by atoms with E-state index in [2.05, 4.69) is 13.8 Å². The summed E-state index contributed by atoms with van der Waals surface area (Å²) < 4.78 is 11.0. The molecule has 4 unspecified atom stereocenters. The minimum absolute atomic E-state index is 0.316. The van der Waals surface area contributed by atoms with Crippen molar-refractivity contribution in [3.63, 3.8) is 0 Å². The summed E-state index contributed by atoms with van der Waals surface area (Å²) in [4.78, 5) is 0. The standard InChI is InChI=1S/C7H12O2/c1-4-3-8-6-5(2)7(6)9-4/h4-7H,3H2,1-2H3. The fourth-order valence-corrected chi connectivity index (χ4v) is 1.39. The third-order valence-electron chi connectivity index (χ3n) is 2.13. The van der Waals surface area contributed by atoms with Crippen molar-refractivity contribution in [1.29, 1.82) is 0 Å². The van der Waals surface area contributed by atoms with Gasteiger partial charge in [0, 0.05) is 5.92 Å². The molecule has 0 amide bonds. The summed E-state index contributed by atoms with van der Waals surface area (Å²) >= 11 is 0. The first-order valence-electron chi connectivity index (χ1n) is 3.56. The van der Waals surface area contributed by atoms with E-state index in [-0.39, 0.29) is 0 Å². The molecule has 2 heteroatoms. The Kier molecular flexibility index (Phi) is 1.08. The van der Waals surface area contributed by atoms with Crippen molar-refractivity contribution in [1.82, 2.24) is 0 Å². The summed E-state index contributed by atoms with van der Waals surface area (Å²) in [7, 11) is 0. The van der Waals surface area contributed by atoms with Crippen LogP contribution in [0.25, 0.3) is 0 Å². The Morgan fingerprint density at radius 3 is 2.56 bits per heavy atom. The Balaban J connectivity index is 1.96. The fraction of sp³-hybridized carbons (Fsp3) is 1.00. The Morgan fingerprint density at radius 2 is 2.00 bits per heavy atom. The highest BCUT2D eigenvalue weighted by molar-refractivity contribution is 5.00. The molecule has 0 aromatic rings. The highest BCUT2D eigenvalue weighted by atomic mass is 16.6. The normalized spacial score (nSPS) is 56.7. The molecule has 1 saturated heterocycles. The summed E-state index contributed by atoms with van der Waals surface area (Å²) in [6, 6.07) is 0. The van der Waals surface area contributed by atoms with Crippen LogP contribution in [-0.4, -0.2) is 24.9 Å². The second kappa shape index (κ2) is 1.70. The van der Waals surface area contributed by atoms with Gasteiger partial charge in [0.15, 0.2) is 0 Å². The third-order valence-corrected chi connectivity index (χ3v) is 2.13. The molecule has 2 fully saturated rings. The van der Waals surface area contributed by atoms with Crippen LogP contribution in [0.2, 0.25) is 0 Å². The Morgan fingerprint density at radius 1 is 1.22 bits per heavy atom. The molecule has 0 aromatic carbocycles. The lowest BCUT2D eigenvalue weighted by molar-refractivity contribution is -0.0837. The molecule has 2 aliphatic rings. The van der Waals surface area contributed by atoms with Gasteiger partial charge in [-0.3, -0.25) is 0 Å². The largest absolute Gasteiger partial charge is 0.372 e. The monoisotopic (exact) mass is 128 g/mol. The average molecular weight is 128 g/mol. The molecule has 1 aliphatic heterocycles. The van der Waals surface area contributed by atoms with Gasteiger partial charge in [0.2, 0.25) is 0 Å². The second-order valence-corrected chi connectivity index (χ2v) is 3.07. The van der Waals surface area contributed by atoms with E-state index in [1.165, 1.54) is 0 Å². The average Bonchev–Trinajstić information content (AvgIpc) is 2.43. The highest BCUT2D eigenvalue weighted by Gasteiger charge is 2.52. The van der Waals surface area contributed by atoms with Crippen molar-refractivity contribution >= 4 is 0 Å². The summed E-state index contributed by atoms with van der Waals surface area (Å²) in [6.07, 6.45) is 1.17. The molecule has 1 saturated carbocycles.